The van der Waals surface area contributed by atoms with Gasteiger partial charge in [-0.2, -0.15) is 0 Å². The summed E-state index contributed by atoms with van der Waals surface area (Å²) in [7, 11) is 3.65. The van der Waals surface area contributed by atoms with Crippen LogP contribution in [0.4, 0.5) is 15.3 Å². The van der Waals surface area contributed by atoms with Gasteiger partial charge in [-0.05, 0) is 107 Å². The first-order chi connectivity index (χ1) is 29.9. The number of likely N-dealkylation sites (tertiary alicyclic amines) is 3. The SMILES string of the molecule is C.CN1CCC[C@H]1C(=O)OCCCN1CCOCC1.Cc1cc(C[C@@H](OC(=O)N2CCC(N3CCc4ccccc4NC3=O)CC2)C(=O)N2CCC(C)CC2)cc2oc(=O)n(C)c12. The Morgan fingerprint density at radius 1 is 0.889 bits per heavy atom. The minimum atomic E-state index is -1.00. The maximum absolute atomic E-state index is 13.8. The highest BCUT2D eigenvalue weighted by molar-refractivity contribution is 5.91. The molecule has 4 amide bonds. The number of nitrogens with zero attached hydrogens (tertiary/aromatic N) is 6. The Bertz CT molecular complexity index is 2080. The Balaban J connectivity index is 0.000000292. The van der Waals surface area contributed by atoms with Crippen molar-refractivity contribution in [3.8, 4) is 0 Å². The molecule has 5 aliphatic rings. The molecule has 5 aliphatic heterocycles. The number of aromatic nitrogens is 1. The molecule has 0 unspecified atom stereocenters. The van der Waals surface area contributed by atoms with E-state index in [4.69, 9.17) is 18.6 Å². The van der Waals surface area contributed by atoms with E-state index in [9.17, 15) is 24.0 Å². The fourth-order valence-corrected chi connectivity index (χ4v) is 9.41. The second kappa shape index (κ2) is 22.1. The van der Waals surface area contributed by atoms with Gasteiger partial charge in [0, 0.05) is 77.6 Å². The van der Waals surface area contributed by atoms with Crippen molar-refractivity contribution in [1.82, 2.24) is 29.1 Å². The van der Waals surface area contributed by atoms with Gasteiger partial charge in [0.1, 0.15) is 6.04 Å². The van der Waals surface area contributed by atoms with E-state index in [1.807, 2.05) is 49.2 Å². The topological polar surface area (TPSA) is 159 Å². The lowest BCUT2D eigenvalue weighted by Crippen LogP contribution is -2.51. The number of likely N-dealkylation sites (N-methyl/N-ethyl adjacent to an activating group) is 1. The molecule has 2 atom stereocenters. The lowest BCUT2D eigenvalue weighted by atomic mass is 9.98. The molecule has 1 aromatic heterocycles. The van der Waals surface area contributed by atoms with E-state index in [0.29, 0.717) is 69.2 Å². The number of amides is 4. The number of hydrogen-bond donors (Lipinski definition) is 1. The first-order valence-electron chi connectivity index (χ1n) is 22.6. The Kier molecular flexibility index (Phi) is 16.7. The molecule has 16 nitrogen and oxygen atoms in total. The smallest absolute Gasteiger partial charge is 0.419 e. The minimum Gasteiger partial charge on any atom is -0.464 e. The molecule has 1 N–H and O–H groups in total. The number of rotatable bonds is 10. The van der Waals surface area contributed by atoms with E-state index in [-0.39, 0.29) is 43.8 Å². The quantitative estimate of drug-likeness (QED) is 0.209. The van der Waals surface area contributed by atoms with Crippen LogP contribution in [0.5, 0.6) is 0 Å². The molecule has 8 rings (SSSR count). The molecule has 4 fully saturated rings. The average molecular weight is 876 g/mol. The molecule has 0 spiro atoms. The van der Waals surface area contributed by atoms with Crippen LogP contribution < -0.4 is 11.1 Å². The zero-order chi connectivity index (χ0) is 43.8. The normalized spacial score (nSPS) is 20.8. The number of ether oxygens (including phenoxy) is 3. The molecule has 3 aromatic rings. The van der Waals surface area contributed by atoms with Crippen LogP contribution in [0.15, 0.2) is 45.6 Å². The average Bonchev–Trinajstić information content (AvgIpc) is 3.78. The Morgan fingerprint density at radius 3 is 2.32 bits per heavy atom. The summed E-state index contributed by atoms with van der Waals surface area (Å²) in [5.74, 6) is -0.148. The number of oxazole rings is 1. The van der Waals surface area contributed by atoms with E-state index in [0.717, 1.165) is 100 Å². The van der Waals surface area contributed by atoms with Crippen LogP contribution in [0, 0.1) is 12.8 Å². The van der Waals surface area contributed by atoms with Gasteiger partial charge in [-0.1, -0.05) is 38.6 Å². The first-order valence-corrected chi connectivity index (χ1v) is 22.6. The van der Waals surface area contributed by atoms with E-state index in [2.05, 4.69) is 22.0 Å². The summed E-state index contributed by atoms with van der Waals surface area (Å²) in [5.41, 5.74) is 4.72. The summed E-state index contributed by atoms with van der Waals surface area (Å²) in [6.07, 6.45) is 5.47. The minimum absolute atomic E-state index is 0. The molecule has 63 heavy (non-hydrogen) atoms. The number of urea groups is 1. The van der Waals surface area contributed by atoms with Crippen LogP contribution in [0.3, 0.4) is 0 Å². The molecule has 346 valence electrons. The molecular formula is C47H69N7O9. The van der Waals surface area contributed by atoms with Crippen molar-refractivity contribution in [2.75, 3.05) is 91.1 Å². The number of anilines is 1. The number of nitrogens with one attached hydrogen (secondary N) is 1. The van der Waals surface area contributed by atoms with Crippen molar-refractivity contribution in [3.05, 3.63) is 63.6 Å². The zero-order valence-corrected chi connectivity index (χ0v) is 37.0. The van der Waals surface area contributed by atoms with Gasteiger partial charge in [-0.25, -0.2) is 14.4 Å². The van der Waals surface area contributed by atoms with E-state index >= 15 is 0 Å². The molecule has 0 bridgehead atoms. The summed E-state index contributed by atoms with van der Waals surface area (Å²) >= 11 is 0. The predicted octanol–water partition coefficient (Wildman–Crippen LogP) is 5.28. The lowest BCUT2D eigenvalue weighted by molar-refractivity contribution is -0.148. The molecule has 6 heterocycles. The van der Waals surface area contributed by atoms with Gasteiger partial charge in [-0.3, -0.25) is 24.0 Å². The van der Waals surface area contributed by atoms with Crippen molar-refractivity contribution in [2.24, 2.45) is 13.0 Å². The summed E-state index contributed by atoms with van der Waals surface area (Å²) < 4.78 is 23.5. The Hall–Kier alpha value is -4.93. The molecule has 4 saturated heterocycles. The predicted molar refractivity (Wildman–Crippen MR) is 241 cm³/mol. The molecule has 16 heteroatoms. The summed E-state index contributed by atoms with van der Waals surface area (Å²) in [5, 5.41) is 3.03. The number of piperidine rings is 2. The molecule has 0 radical (unpaired) electrons. The van der Waals surface area contributed by atoms with Crippen molar-refractivity contribution >= 4 is 40.8 Å². The maximum atomic E-state index is 13.8. The highest BCUT2D eigenvalue weighted by atomic mass is 16.6. The standard InChI is InChI=1S/C33H41N5O6.C13H24N2O3.CH4/c1-21-8-13-36(14-9-21)30(39)28(20-23-18-22(2)29-27(19-23)43-32(41)35(29)3)44-33(42)37-15-11-25(12-16-37)38-17-10-24-6-4-5-7-26(24)34-31(38)40;1-14-5-2-4-12(14)13(16)18-9-3-6-15-7-10-17-11-8-15;/h4-7,18-19,21,25,28H,8-17,20H2,1-3H3,(H,34,40);12H,2-11H2,1H3;1H4/t28-;12-;/m10./s1. The van der Waals surface area contributed by atoms with Gasteiger partial charge in [-0.15, -0.1) is 0 Å². The second-order valence-electron chi connectivity index (χ2n) is 17.6. The summed E-state index contributed by atoms with van der Waals surface area (Å²) in [6, 6.07) is 11.4. The fourth-order valence-electron chi connectivity index (χ4n) is 9.41. The van der Waals surface area contributed by atoms with Crippen molar-refractivity contribution < 1.29 is 37.8 Å². The van der Waals surface area contributed by atoms with E-state index in [1.54, 1.807) is 22.9 Å². The van der Waals surface area contributed by atoms with Gasteiger partial charge in [0.2, 0.25) is 0 Å². The summed E-state index contributed by atoms with van der Waals surface area (Å²) in [6.45, 7) is 13.0. The van der Waals surface area contributed by atoms with Crippen LogP contribution in [-0.4, -0.2) is 157 Å². The maximum Gasteiger partial charge on any atom is 0.419 e. The lowest BCUT2D eigenvalue weighted by Gasteiger charge is -2.38. The monoisotopic (exact) mass is 876 g/mol. The highest BCUT2D eigenvalue weighted by Crippen LogP contribution is 2.27. The highest BCUT2D eigenvalue weighted by Gasteiger charge is 2.36. The van der Waals surface area contributed by atoms with Crippen LogP contribution in [0.2, 0.25) is 0 Å². The van der Waals surface area contributed by atoms with Gasteiger partial charge in [0.15, 0.2) is 11.7 Å². The van der Waals surface area contributed by atoms with Crippen LogP contribution in [0.25, 0.3) is 11.1 Å². The number of carbonyl (C=O) groups excluding carboxylic acids is 4. The van der Waals surface area contributed by atoms with Crippen LogP contribution >= 0.6 is 0 Å². The number of esters is 1. The van der Waals surface area contributed by atoms with E-state index < -0.39 is 18.0 Å². The number of fused-ring (bicyclic) bond motifs is 2. The van der Waals surface area contributed by atoms with Crippen LogP contribution in [0.1, 0.15) is 76.0 Å². The Labute approximate surface area is 371 Å². The number of hydrogen-bond acceptors (Lipinski definition) is 11. The second-order valence-corrected chi connectivity index (χ2v) is 17.6. The molecule has 2 aromatic carbocycles. The van der Waals surface area contributed by atoms with Gasteiger partial charge in [0.05, 0.1) is 25.3 Å². The molecule has 0 aliphatic carbocycles. The van der Waals surface area contributed by atoms with Crippen molar-refractivity contribution in [3.63, 3.8) is 0 Å². The number of aryl methyl sites for hydroxylation is 2. The third-order valence-corrected chi connectivity index (χ3v) is 13.2. The Morgan fingerprint density at radius 2 is 1.60 bits per heavy atom. The number of carbonyl (C=O) groups is 4. The number of benzene rings is 2. The molecule has 0 saturated carbocycles. The van der Waals surface area contributed by atoms with Gasteiger partial charge in [0.25, 0.3) is 5.91 Å². The fraction of sp³-hybridized carbons (Fsp3) is 0.638. The van der Waals surface area contributed by atoms with Gasteiger partial charge < -0.3 is 38.6 Å². The zero-order valence-electron chi connectivity index (χ0n) is 37.0. The third kappa shape index (κ3) is 12.0. The summed E-state index contributed by atoms with van der Waals surface area (Å²) in [4.78, 5) is 74.0. The molecular weight excluding hydrogens is 807 g/mol. The van der Waals surface area contributed by atoms with Gasteiger partial charge >= 0.3 is 23.8 Å². The van der Waals surface area contributed by atoms with Crippen molar-refractivity contribution in [2.45, 2.75) is 97.2 Å². The number of morpholine rings is 1. The first kappa shape index (κ1) is 47.5. The van der Waals surface area contributed by atoms with Crippen LogP contribution in [-0.2, 0) is 43.7 Å². The van der Waals surface area contributed by atoms with E-state index in [1.165, 1.54) is 4.57 Å². The largest absolute Gasteiger partial charge is 0.464 e. The van der Waals surface area contributed by atoms with Crippen molar-refractivity contribution in [1.29, 1.82) is 0 Å². The number of para-hydroxylation sites is 1. The third-order valence-electron chi connectivity index (χ3n) is 13.2.